The molecule has 1 amide bonds. The maximum atomic E-state index is 12.3. The van der Waals surface area contributed by atoms with Gasteiger partial charge in [0.25, 0.3) is 0 Å². The fourth-order valence-corrected chi connectivity index (χ4v) is 4.50. The van der Waals surface area contributed by atoms with E-state index in [9.17, 15) is 4.79 Å². The number of thiophene rings is 1. The van der Waals surface area contributed by atoms with Crippen molar-refractivity contribution < 1.29 is 4.79 Å². The fraction of sp³-hybridized carbons (Fsp3) is 0.400. The van der Waals surface area contributed by atoms with Crippen molar-refractivity contribution in [2.24, 2.45) is 0 Å². The molecule has 0 bridgehead atoms. The largest absolute Gasteiger partial charge is 0.338 e. The van der Waals surface area contributed by atoms with Crippen LogP contribution in [0.4, 0.5) is 5.95 Å². The minimum atomic E-state index is 0.200. The minimum absolute atomic E-state index is 0.200. The van der Waals surface area contributed by atoms with Gasteiger partial charge in [-0.05, 0) is 18.2 Å². The summed E-state index contributed by atoms with van der Waals surface area (Å²) in [7, 11) is 0. The van der Waals surface area contributed by atoms with E-state index in [2.05, 4.69) is 14.9 Å². The van der Waals surface area contributed by atoms with Crippen molar-refractivity contribution in [2.45, 2.75) is 5.75 Å². The summed E-state index contributed by atoms with van der Waals surface area (Å²) in [5, 5.41) is 0. The van der Waals surface area contributed by atoms with Crippen molar-refractivity contribution in [3.63, 3.8) is 0 Å². The third kappa shape index (κ3) is 4.59. The molecule has 122 valence electrons. The highest BCUT2D eigenvalue weighted by Crippen LogP contribution is 2.25. The molecule has 0 N–H and O–H groups in total. The molecule has 0 radical (unpaired) electrons. The molecule has 5 nitrogen and oxygen atoms in total. The Morgan fingerprint density at radius 2 is 1.96 bits per heavy atom. The molecule has 2 aromatic heterocycles. The van der Waals surface area contributed by atoms with E-state index in [1.807, 2.05) is 17.0 Å². The maximum Gasteiger partial charge on any atom is 0.232 e. The Labute approximate surface area is 148 Å². The summed E-state index contributed by atoms with van der Waals surface area (Å²) < 4.78 is 0.797. The average molecular weight is 369 g/mol. The van der Waals surface area contributed by atoms with Crippen molar-refractivity contribution in [1.82, 2.24) is 14.9 Å². The Balaban J connectivity index is 1.41. The number of amides is 1. The summed E-state index contributed by atoms with van der Waals surface area (Å²) in [6, 6.07) is 5.72. The van der Waals surface area contributed by atoms with E-state index in [1.165, 1.54) is 4.88 Å². The van der Waals surface area contributed by atoms with Crippen LogP contribution in [0.1, 0.15) is 4.88 Å². The van der Waals surface area contributed by atoms with Gasteiger partial charge in [-0.15, -0.1) is 23.1 Å². The lowest BCUT2D eigenvalue weighted by Crippen LogP contribution is -2.49. The summed E-state index contributed by atoms with van der Waals surface area (Å²) in [4.78, 5) is 26.0. The van der Waals surface area contributed by atoms with Crippen molar-refractivity contribution in [3.05, 3.63) is 39.8 Å². The number of hydrogen-bond donors (Lipinski definition) is 0. The van der Waals surface area contributed by atoms with Crippen LogP contribution in [0.3, 0.4) is 0 Å². The topological polar surface area (TPSA) is 49.3 Å². The molecule has 1 aliphatic heterocycles. The van der Waals surface area contributed by atoms with Gasteiger partial charge in [-0.1, -0.05) is 11.6 Å². The van der Waals surface area contributed by atoms with Crippen LogP contribution in [0.25, 0.3) is 0 Å². The summed E-state index contributed by atoms with van der Waals surface area (Å²) in [6.07, 6.45) is 3.49. The lowest BCUT2D eigenvalue weighted by molar-refractivity contribution is -0.128. The van der Waals surface area contributed by atoms with Gasteiger partial charge in [-0.3, -0.25) is 4.79 Å². The van der Waals surface area contributed by atoms with Gasteiger partial charge in [-0.25, -0.2) is 9.97 Å². The number of piperazine rings is 1. The Kier molecular flexibility index (Phi) is 5.75. The van der Waals surface area contributed by atoms with Crippen LogP contribution in [-0.2, 0) is 10.5 Å². The molecule has 3 rings (SSSR count). The molecule has 1 aliphatic rings. The zero-order chi connectivity index (χ0) is 16.1. The van der Waals surface area contributed by atoms with Crippen LogP contribution in [-0.4, -0.2) is 52.7 Å². The highest BCUT2D eigenvalue weighted by atomic mass is 35.5. The van der Waals surface area contributed by atoms with Gasteiger partial charge in [0.2, 0.25) is 11.9 Å². The maximum absolute atomic E-state index is 12.3. The average Bonchev–Trinajstić information content (AvgIpc) is 3.01. The minimum Gasteiger partial charge on any atom is -0.338 e. The molecule has 0 spiro atoms. The molecule has 8 heteroatoms. The van der Waals surface area contributed by atoms with Gasteiger partial charge in [-0.2, -0.15) is 0 Å². The Morgan fingerprint density at radius 1 is 1.22 bits per heavy atom. The Morgan fingerprint density at radius 3 is 2.61 bits per heavy atom. The molecule has 23 heavy (non-hydrogen) atoms. The van der Waals surface area contributed by atoms with Gasteiger partial charge in [0.15, 0.2) is 0 Å². The van der Waals surface area contributed by atoms with E-state index < -0.39 is 0 Å². The fourth-order valence-electron chi connectivity index (χ4n) is 2.37. The Hall–Kier alpha value is -1.31. The second-order valence-electron chi connectivity index (χ2n) is 5.12. The third-order valence-corrected chi connectivity index (χ3v) is 5.95. The zero-order valence-corrected chi connectivity index (χ0v) is 14.9. The second kappa shape index (κ2) is 7.99. The number of rotatable bonds is 5. The first-order valence-electron chi connectivity index (χ1n) is 7.34. The van der Waals surface area contributed by atoms with E-state index >= 15 is 0 Å². The SMILES string of the molecule is O=C(CSCc1ccc(Cl)s1)N1CCN(c2ncccn2)CC1. The number of carbonyl (C=O) groups excluding carboxylic acids is 1. The highest BCUT2D eigenvalue weighted by molar-refractivity contribution is 7.99. The lowest BCUT2D eigenvalue weighted by atomic mass is 10.3. The summed E-state index contributed by atoms with van der Waals surface area (Å²) >= 11 is 9.12. The van der Waals surface area contributed by atoms with Crippen LogP contribution in [0.5, 0.6) is 0 Å². The third-order valence-electron chi connectivity index (χ3n) is 3.57. The molecule has 3 heterocycles. The molecule has 1 fully saturated rings. The van der Waals surface area contributed by atoms with Crippen molar-refractivity contribution in [2.75, 3.05) is 36.8 Å². The first-order valence-corrected chi connectivity index (χ1v) is 9.69. The van der Waals surface area contributed by atoms with Crippen LogP contribution >= 0.6 is 34.7 Å². The van der Waals surface area contributed by atoms with E-state index in [1.54, 1.807) is 41.6 Å². The molecule has 0 aromatic carbocycles. The molecule has 0 aliphatic carbocycles. The highest BCUT2D eigenvalue weighted by Gasteiger charge is 2.22. The van der Waals surface area contributed by atoms with Crippen LogP contribution < -0.4 is 4.90 Å². The van der Waals surface area contributed by atoms with Crippen molar-refractivity contribution >= 4 is 46.6 Å². The number of halogens is 1. The lowest BCUT2D eigenvalue weighted by Gasteiger charge is -2.34. The first-order chi connectivity index (χ1) is 11.2. The molecule has 0 unspecified atom stereocenters. The molecule has 1 saturated heterocycles. The van der Waals surface area contributed by atoms with E-state index in [0.29, 0.717) is 5.75 Å². The van der Waals surface area contributed by atoms with Crippen LogP contribution in [0.15, 0.2) is 30.6 Å². The quantitative estimate of drug-likeness (QED) is 0.812. The normalized spacial score (nSPS) is 15.0. The van der Waals surface area contributed by atoms with E-state index in [0.717, 1.165) is 42.2 Å². The molecule has 0 atom stereocenters. The number of hydrogen-bond acceptors (Lipinski definition) is 6. The predicted octanol–water partition coefficient (Wildman–Crippen LogP) is 2.77. The molecule has 2 aromatic rings. The second-order valence-corrected chi connectivity index (χ2v) is 7.90. The van der Waals surface area contributed by atoms with Crippen LogP contribution in [0.2, 0.25) is 4.34 Å². The van der Waals surface area contributed by atoms with Gasteiger partial charge in [0.1, 0.15) is 0 Å². The van der Waals surface area contributed by atoms with Crippen molar-refractivity contribution in [1.29, 1.82) is 0 Å². The van der Waals surface area contributed by atoms with E-state index in [4.69, 9.17) is 11.6 Å². The number of thioether (sulfide) groups is 1. The van der Waals surface area contributed by atoms with Crippen molar-refractivity contribution in [3.8, 4) is 0 Å². The number of nitrogens with zero attached hydrogens (tertiary/aromatic N) is 4. The number of carbonyl (C=O) groups is 1. The summed E-state index contributed by atoms with van der Waals surface area (Å²) in [6.45, 7) is 3.01. The van der Waals surface area contributed by atoms with Gasteiger partial charge < -0.3 is 9.80 Å². The summed E-state index contributed by atoms with van der Waals surface area (Å²) in [5.74, 6) is 2.29. The monoisotopic (exact) mass is 368 g/mol. The standard InChI is InChI=1S/C15H17ClN4OS2/c16-13-3-2-12(23-13)10-22-11-14(21)19-6-8-20(9-7-19)15-17-4-1-5-18-15/h1-5H,6-11H2. The molecule has 0 saturated carbocycles. The van der Waals surface area contributed by atoms with Gasteiger partial charge in [0.05, 0.1) is 10.1 Å². The van der Waals surface area contributed by atoms with Gasteiger partial charge in [0, 0.05) is 49.2 Å². The van der Waals surface area contributed by atoms with Gasteiger partial charge >= 0.3 is 0 Å². The van der Waals surface area contributed by atoms with E-state index in [-0.39, 0.29) is 5.91 Å². The Bertz CT molecular complexity index is 644. The molecular formula is C15H17ClN4OS2. The first kappa shape index (κ1) is 16.5. The number of aromatic nitrogens is 2. The smallest absolute Gasteiger partial charge is 0.232 e. The van der Waals surface area contributed by atoms with Crippen LogP contribution in [0, 0.1) is 0 Å². The predicted molar refractivity (Wildman–Crippen MR) is 96.3 cm³/mol. The molecular weight excluding hydrogens is 352 g/mol. The zero-order valence-electron chi connectivity index (χ0n) is 12.5. The summed E-state index contributed by atoms with van der Waals surface area (Å²) in [5.41, 5.74) is 0. The number of anilines is 1.